The first-order chi connectivity index (χ1) is 14.6. The fraction of sp³-hybridized carbons (Fsp3) is 0.667. The summed E-state index contributed by atoms with van der Waals surface area (Å²) in [7, 11) is 3.55. The van der Waals surface area contributed by atoms with Crippen LogP contribution in [0, 0.1) is 5.92 Å². The average Bonchev–Trinajstić information content (AvgIpc) is 3.10. The van der Waals surface area contributed by atoms with Crippen LogP contribution < -0.4 is 4.74 Å². The van der Waals surface area contributed by atoms with E-state index in [2.05, 4.69) is 20.3 Å². The van der Waals surface area contributed by atoms with Crippen molar-refractivity contribution in [3.05, 3.63) is 18.1 Å². The number of hydrogen-bond acceptors (Lipinski definition) is 7. The zero-order valence-electron chi connectivity index (χ0n) is 17.8. The Bertz CT molecular complexity index is 843. The summed E-state index contributed by atoms with van der Waals surface area (Å²) in [6, 6.07) is 0. The molecule has 0 atom stereocenters. The lowest BCUT2D eigenvalue weighted by molar-refractivity contribution is 0.0913. The molecule has 2 heterocycles. The van der Waals surface area contributed by atoms with Gasteiger partial charge in [0, 0.05) is 20.6 Å². The number of nitrogens with zero attached hydrogens (tertiary/aromatic N) is 6. The summed E-state index contributed by atoms with van der Waals surface area (Å²) in [5.41, 5.74) is 1.81. The molecule has 0 bridgehead atoms. The molecule has 9 nitrogen and oxygen atoms in total. The monoisotopic (exact) mass is 414 g/mol. The maximum absolute atomic E-state index is 12.3. The molecule has 9 heteroatoms. The van der Waals surface area contributed by atoms with Crippen molar-refractivity contribution >= 4 is 6.09 Å². The topological polar surface area (TPSA) is 95.3 Å². The zero-order chi connectivity index (χ0) is 20.9. The van der Waals surface area contributed by atoms with E-state index in [4.69, 9.17) is 9.47 Å². The van der Waals surface area contributed by atoms with E-state index < -0.39 is 0 Å². The third-order valence-corrected chi connectivity index (χ3v) is 6.05. The quantitative estimate of drug-likeness (QED) is 0.685. The van der Waals surface area contributed by atoms with E-state index in [1.54, 1.807) is 36.1 Å². The van der Waals surface area contributed by atoms with Crippen LogP contribution in [0.25, 0.3) is 11.4 Å². The lowest BCUT2D eigenvalue weighted by atomic mass is 9.85. The molecule has 2 fully saturated rings. The molecule has 4 rings (SSSR count). The number of carbonyl (C=O) groups excluding carboxylic acids is 1. The van der Waals surface area contributed by atoms with E-state index in [0.717, 1.165) is 19.4 Å². The fourth-order valence-corrected chi connectivity index (χ4v) is 3.97. The number of aryl methyl sites for hydroxylation is 1. The van der Waals surface area contributed by atoms with Gasteiger partial charge in [-0.05, 0) is 44.4 Å². The van der Waals surface area contributed by atoms with Crippen molar-refractivity contribution in [1.82, 2.24) is 29.9 Å². The number of carbonyl (C=O) groups is 1. The fourth-order valence-electron chi connectivity index (χ4n) is 3.97. The van der Waals surface area contributed by atoms with Gasteiger partial charge in [-0.25, -0.2) is 19.4 Å². The molecular formula is C21H30N6O3. The van der Waals surface area contributed by atoms with E-state index in [1.807, 2.05) is 0 Å². The molecule has 0 unspecified atom stereocenters. The van der Waals surface area contributed by atoms with Crippen LogP contribution in [0.1, 0.15) is 57.1 Å². The first-order valence-corrected chi connectivity index (χ1v) is 10.9. The highest BCUT2D eigenvalue weighted by Crippen LogP contribution is 2.27. The Morgan fingerprint density at radius 2 is 1.93 bits per heavy atom. The minimum atomic E-state index is -0.337. The van der Waals surface area contributed by atoms with Gasteiger partial charge >= 0.3 is 6.09 Å². The van der Waals surface area contributed by atoms with Crippen molar-refractivity contribution in [2.75, 3.05) is 13.6 Å². The van der Waals surface area contributed by atoms with Crippen molar-refractivity contribution in [3.8, 4) is 17.3 Å². The minimum Gasteiger partial charge on any atom is -0.473 e. The van der Waals surface area contributed by atoms with Crippen LogP contribution in [0.5, 0.6) is 5.88 Å². The predicted octanol–water partition coefficient (Wildman–Crippen LogP) is 3.35. The second kappa shape index (κ2) is 9.40. The van der Waals surface area contributed by atoms with Crippen LogP contribution in [0.2, 0.25) is 0 Å². The highest BCUT2D eigenvalue weighted by Gasteiger charge is 2.23. The van der Waals surface area contributed by atoms with Gasteiger partial charge in [-0.1, -0.05) is 18.1 Å². The summed E-state index contributed by atoms with van der Waals surface area (Å²) in [5, 5.41) is 8.25. The molecule has 0 aliphatic heterocycles. The lowest BCUT2D eigenvalue weighted by Gasteiger charge is -2.29. The molecular weight excluding hydrogens is 384 g/mol. The molecule has 30 heavy (non-hydrogen) atoms. The molecule has 0 aromatic carbocycles. The first-order valence-electron chi connectivity index (χ1n) is 10.9. The van der Waals surface area contributed by atoms with Gasteiger partial charge in [-0.2, -0.15) is 0 Å². The van der Waals surface area contributed by atoms with Crippen molar-refractivity contribution in [2.24, 2.45) is 13.0 Å². The maximum atomic E-state index is 12.3. The van der Waals surface area contributed by atoms with E-state index in [-0.39, 0.29) is 18.8 Å². The van der Waals surface area contributed by atoms with E-state index in [9.17, 15) is 4.79 Å². The van der Waals surface area contributed by atoms with Gasteiger partial charge in [0.05, 0.1) is 12.4 Å². The third-order valence-electron chi connectivity index (χ3n) is 6.05. The Hall–Kier alpha value is -2.71. The smallest absolute Gasteiger partial charge is 0.409 e. The van der Waals surface area contributed by atoms with Crippen molar-refractivity contribution in [1.29, 1.82) is 0 Å². The highest BCUT2D eigenvalue weighted by atomic mass is 16.6. The maximum Gasteiger partial charge on any atom is 0.409 e. The van der Waals surface area contributed by atoms with Gasteiger partial charge in [0.2, 0.25) is 5.88 Å². The minimum absolute atomic E-state index is 0.0781. The number of hydrogen-bond donors (Lipinski definition) is 0. The molecule has 0 saturated heterocycles. The van der Waals surface area contributed by atoms with Crippen molar-refractivity contribution in [2.45, 2.75) is 64.1 Å². The Balaban J connectivity index is 1.37. The summed E-state index contributed by atoms with van der Waals surface area (Å²) in [6.07, 6.45) is 12.6. The van der Waals surface area contributed by atoms with Crippen LogP contribution in [-0.2, 0) is 18.4 Å². The van der Waals surface area contributed by atoms with E-state index >= 15 is 0 Å². The molecule has 162 valence electrons. The lowest BCUT2D eigenvalue weighted by Crippen LogP contribution is -2.34. The molecule has 2 aromatic rings. The molecule has 2 aromatic heterocycles. The second-order valence-corrected chi connectivity index (χ2v) is 8.36. The predicted molar refractivity (Wildman–Crippen MR) is 110 cm³/mol. The van der Waals surface area contributed by atoms with Gasteiger partial charge in [-0.3, -0.25) is 0 Å². The summed E-state index contributed by atoms with van der Waals surface area (Å²) in [6.45, 7) is 0.817. The Morgan fingerprint density at radius 1 is 1.13 bits per heavy atom. The van der Waals surface area contributed by atoms with Crippen LogP contribution in [0.3, 0.4) is 0 Å². The standard InChI is InChI=1S/C21H30N6O3/c1-26(13-15-7-6-8-15)21(28)29-14-18-20(24-25-27(18)2)17-11-23-19(12-22-17)30-16-9-4-3-5-10-16/h11-12,15-16H,3-10,13-14H2,1-2H3. The summed E-state index contributed by atoms with van der Waals surface area (Å²) >= 11 is 0. The highest BCUT2D eigenvalue weighted by molar-refractivity contribution is 5.67. The van der Waals surface area contributed by atoms with Crippen LogP contribution >= 0.6 is 0 Å². The van der Waals surface area contributed by atoms with Gasteiger partial charge in [0.15, 0.2) is 0 Å². The molecule has 0 spiro atoms. The zero-order valence-corrected chi connectivity index (χ0v) is 17.8. The molecule has 2 aliphatic carbocycles. The molecule has 0 radical (unpaired) electrons. The van der Waals surface area contributed by atoms with E-state index in [0.29, 0.717) is 28.9 Å². The third kappa shape index (κ3) is 4.88. The van der Waals surface area contributed by atoms with Gasteiger partial charge in [0.25, 0.3) is 0 Å². The SMILES string of the molecule is CN(CC1CCC1)C(=O)OCc1c(-c2cnc(OC3CCCCC3)cn2)nnn1C. The normalized spacial score (nSPS) is 17.4. The van der Waals surface area contributed by atoms with Gasteiger partial charge in [0.1, 0.15) is 29.8 Å². The van der Waals surface area contributed by atoms with Crippen molar-refractivity contribution < 1.29 is 14.3 Å². The first kappa shape index (κ1) is 20.6. The summed E-state index contributed by atoms with van der Waals surface area (Å²) in [5.74, 6) is 1.13. The van der Waals surface area contributed by atoms with Crippen molar-refractivity contribution in [3.63, 3.8) is 0 Å². The van der Waals surface area contributed by atoms with Gasteiger partial charge in [-0.15, -0.1) is 5.10 Å². The molecule has 2 aliphatic rings. The van der Waals surface area contributed by atoms with Crippen LogP contribution in [0.15, 0.2) is 12.4 Å². The summed E-state index contributed by atoms with van der Waals surface area (Å²) < 4.78 is 13.0. The van der Waals surface area contributed by atoms with E-state index in [1.165, 1.54) is 38.5 Å². The number of rotatable bonds is 7. The molecule has 1 amide bonds. The Kier molecular flexibility index (Phi) is 6.44. The summed E-state index contributed by atoms with van der Waals surface area (Å²) in [4.78, 5) is 22.8. The number of ether oxygens (including phenoxy) is 2. The molecule has 0 N–H and O–H groups in total. The van der Waals surface area contributed by atoms with Crippen LogP contribution in [-0.4, -0.2) is 55.7 Å². The average molecular weight is 415 g/mol. The van der Waals surface area contributed by atoms with Gasteiger partial charge < -0.3 is 14.4 Å². The number of aromatic nitrogens is 5. The number of amides is 1. The Morgan fingerprint density at radius 3 is 2.60 bits per heavy atom. The molecule has 2 saturated carbocycles. The Labute approximate surface area is 176 Å². The van der Waals surface area contributed by atoms with Crippen LogP contribution in [0.4, 0.5) is 4.79 Å². The largest absolute Gasteiger partial charge is 0.473 e. The second-order valence-electron chi connectivity index (χ2n) is 8.36.